The fourth-order valence-electron chi connectivity index (χ4n) is 1.59. The van der Waals surface area contributed by atoms with Gasteiger partial charge in [-0.3, -0.25) is 0 Å². The van der Waals surface area contributed by atoms with Gasteiger partial charge in [-0.25, -0.2) is 0 Å². The minimum atomic E-state index is 0.442. The molecule has 0 amide bonds. The number of likely N-dealkylation sites (N-methyl/N-ethyl adjacent to an activating group) is 1. The average molecular weight is 192 g/mol. The SMILES string of the molecule is CCC(CN)N(C)c1ccc(C)cc1. The van der Waals surface area contributed by atoms with Crippen molar-refractivity contribution in [3.63, 3.8) is 0 Å². The quantitative estimate of drug-likeness (QED) is 0.792. The van der Waals surface area contributed by atoms with E-state index < -0.39 is 0 Å². The summed E-state index contributed by atoms with van der Waals surface area (Å²) < 4.78 is 0. The minimum Gasteiger partial charge on any atom is -0.370 e. The fraction of sp³-hybridized carbons (Fsp3) is 0.500. The summed E-state index contributed by atoms with van der Waals surface area (Å²) in [7, 11) is 2.10. The van der Waals surface area contributed by atoms with Crippen molar-refractivity contribution in [3.05, 3.63) is 29.8 Å². The van der Waals surface area contributed by atoms with Gasteiger partial charge in [-0.1, -0.05) is 24.6 Å². The molecular formula is C12H20N2. The van der Waals surface area contributed by atoms with Gasteiger partial charge in [0.15, 0.2) is 0 Å². The number of anilines is 1. The molecular weight excluding hydrogens is 172 g/mol. The van der Waals surface area contributed by atoms with Crippen LogP contribution in [0.25, 0.3) is 0 Å². The molecule has 0 aromatic heterocycles. The minimum absolute atomic E-state index is 0.442. The summed E-state index contributed by atoms with van der Waals surface area (Å²) in [5.41, 5.74) is 8.25. The number of benzene rings is 1. The second kappa shape index (κ2) is 5.01. The van der Waals surface area contributed by atoms with E-state index in [0.29, 0.717) is 12.6 Å². The molecule has 0 aliphatic heterocycles. The predicted molar refractivity (Wildman–Crippen MR) is 62.7 cm³/mol. The Labute approximate surface area is 86.7 Å². The third-order valence-corrected chi connectivity index (χ3v) is 2.73. The molecule has 2 heteroatoms. The smallest absolute Gasteiger partial charge is 0.0406 e. The highest BCUT2D eigenvalue weighted by molar-refractivity contribution is 5.47. The molecule has 1 rings (SSSR count). The van der Waals surface area contributed by atoms with Crippen molar-refractivity contribution < 1.29 is 0 Å². The molecule has 1 unspecified atom stereocenters. The molecule has 2 N–H and O–H groups in total. The molecule has 2 nitrogen and oxygen atoms in total. The maximum Gasteiger partial charge on any atom is 0.0406 e. The van der Waals surface area contributed by atoms with E-state index in [9.17, 15) is 0 Å². The van der Waals surface area contributed by atoms with Gasteiger partial charge in [0.2, 0.25) is 0 Å². The van der Waals surface area contributed by atoms with Gasteiger partial charge in [0.05, 0.1) is 0 Å². The van der Waals surface area contributed by atoms with Crippen LogP contribution in [-0.4, -0.2) is 19.6 Å². The van der Waals surface area contributed by atoms with Crippen LogP contribution in [0.15, 0.2) is 24.3 Å². The maximum absolute atomic E-state index is 5.71. The summed E-state index contributed by atoms with van der Waals surface area (Å²) in [6, 6.07) is 9.00. The molecule has 0 aliphatic carbocycles. The largest absolute Gasteiger partial charge is 0.370 e. The average Bonchev–Trinajstić information content (AvgIpc) is 2.20. The summed E-state index contributed by atoms with van der Waals surface area (Å²) >= 11 is 0. The lowest BCUT2D eigenvalue weighted by molar-refractivity contribution is 0.619. The Balaban J connectivity index is 2.77. The van der Waals surface area contributed by atoms with Gasteiger partial charge in [0.25, 0.3) is 0 Å². The van der Waals surface area contributed by atoms with Gasteiger partial charge >= 0.3 is 0 Å². The molecule has 0 fully saturated rings. The van der Waals surface area contributed by atoms with Crippen LogP contribution in [0.5, 0.6) is 0 Å². The molecule has 14 heavy (non-hydrogen) atoms. The molecule has 1 aromatic carbocycles. The first-order valence-electron chi connectivity index (χ1n) is 5.18. The van der Waals surface area contributed by atoms with Crippen LogP contribution in [0, 0.1) is 6.92 Å². The van der Waals surface area contributed by atoms with Gasteiger partial charge in [-0.15, -0.1) is 0 Å². The zero-order valence-electron chi connectivity index (χ0n) is 9.33. The number of nitrogens with zero attached hydrogens (tertiary/aromatic N) is 1. The first-order chi connectivity index (χ1) is 6.69. The second-order valence-corrected chi connectivity index (χ2v) is 3.74. The first kappa shape index (κ1) is 11.1. The zero-order chi connectivity index (χ0) is 10.6. The van der Waals surface area contributed by atoms with Crippen molar-refractivity contribution in [3.8, 4) is 0 Å². The van der Waals surface area contributed by atoms with Gasteiger partial charge in [0.1, 0.15) is 0 Å². The molecule has 0 saturated heterocycles. The Kier molecular flexibility index (Phi) is 3.96. The first-order valence-corrected chi connectivity index (χ1v) is 5.18. The monoisotopic (exact) mass is 192 g/mol. The van der Waals surface area contributed by atoms with Crippen LogP contribution < -0.4 is 10.6 Å². The van der Waals surface area contributed by atoms with E-state index in [1.54, 1.807) is 0 Å². The fourth-order valence-corrected chi connectivity index (χ4v) is 1.59. The van der Waals surface area contributed by atoms with Crippen LogP contribution in [0.3, 0.4) is 0 Å². The Bertz CT molecular complexity index is 262. The van der Waals surface area contributed by atoms with Crippen molar-refractivity contribution >= 4 is 5.69 Å². The molecule has 1 aromatic rings. The summed E-state index contributed by atoms with van der Waals surface area (Å²) in [6.07, 6.45) is 1.08. The summed E-state index contributed by atoms with van der Waals surface area (Å²) in [5.74, 6) is 0. The van der Waals surface area contributed by atoms with Gasteiger partial charge < -0.3 is 10.6 Å². The van der Waals surface area contributed by atoms with Crippen molar-refractivity contribution in [2.24, 2.45) is 5.73 Å². The summed E-state index contributed by atoms with van der Waals surface area (Å²) in [6.45, 7) is 4.98. The molecule has 0 spiro atoms. The highest BCUT2D eigenvalue weighted by atomic mass is 15.1. The highest BCUT2D eigenvalue weighted by Gasteiger charge is 2.10. The van der Waals surface area contributed by atoms with Gasteiger partial charge in [0, 0.05) is 25.3 Å². The Morgan fingerprint density at radius 3 is 2.29 bits per heavy atom. The summed E-state index contributed by atoms with van der Waals surface area (Å²) in [5, 5.41) is 0. The Hall–Kier alpha value is -1.02. The van der Waals surface area contributed by atoms with E-state index in [0.717, 1.165) is 6.42 Å². The summed E-state index contributed by atoms with van der Waals surface area (Å²) in [4.78, 5) is 2.25. The topological polar surface area (TPSA) is 29.3 Å². The number of rotatable bonds is 4. The van der Waals surface area contributed by atoms with Crippen LogP contribution in [0.1, 0.15) is 18.9 Å². The number of nitrogens with two attached hydrogens (primary N) is 1. The van der Waals surface area contributed by atoms with E-state index in [-0.39, 0.29) is 0 Å². The Morgan fingerprint density at radius 2 is 1.86 bits per heavy atom. The molecule has 0 heterocycles. The lowest BCUT2D eigenvalue weighted by atomic mass is 10.1. The van der Waals surface area contributed by atoms with E-state index >= 15 is 0 Å². The normalized spacial score (nSPS) is 12.6. The third-order valence-electron chi connectivity index (χ3n) is 2.73. The molecule has 0 bridgehead atoms. The molecule has 78 valence electrons. The second-order valence-electron chi connectivity index (χ2n) is 3.74. The molecule has 1 atom stereocenters. The van der Waals surface area contributed by atoms with Crippen LogP contribution in [-0.2, 0) is 0 Å². The van der Waals surface area contributed by atoms with Crippen molar-refractivity contribution in [1.29, 1.82) is 0 Å². The highest BCUT2D eigenvalue weighted by Crippen LogP contribution is 2.16. The number of hydrogen-bond donors (Lipinski definition) is 1. The lowest BCUT2D eigenvalue weighted by Crippen LogP contribution is -2.37. The maximum atomic E-state index is 5.71. The third kappa shape index (κ3) is 2.48. The molecule has 0 radical (unpaired) electrons. The Morgan fingerprint density at radius 1 is 1.29 bits per heavy atom. The van der Waals surface area contributed by atoms with Crippen LogP contribution in [0.2, 0.25) is 0 Å². The van der Waals surface area contributed by atoms with E-state index in [2.05, 4.69) is 50.1 Å². The van der Waals surface area contributed by atoms with Crippen molar-refractivity contribution in [2.75, 3.05) is 18.5 Å². The van der Waals surface area contributed by atoms with E-state index in [4.69, 9.17) is 5.73 Å². The van der Waals surface area contributed by atoms with Gasteiger partial charge in [-0.05, 0) is 25.5 Å². The van der Waals surface area contributed by atoms with Crippen molar-refractivity contribution in [1.82, 2.24) is 0 Å². The van der Waals surface area contributed by atoms with Crippen LogP contribution >= 0.6 is 0 Å². The number of aryl methyl sites for hydroxylation is 1. The number of hydrogen-bond acceptors (Lipinski definition) is 2. The van der Waals surface area contributed by atoms with E-state index in [1.165, 1.54) is 11.3 Å². The van der Waals surface area contributed by atoms with Crippen molar-refractivity contribution in [2.45, 2.75) is 26.3 Å². The molecule has 0 saturated carbocycles. The standard InChI is InChI=1S/C12H20N2/c1-4-11(9-13)14(3)12-7-5-10(2)6-8-12/h5-8,11H,4,9,13H2,1-3H3. The van der Waals surface area contributed by atoms with E-state index in [1.807, 2.05) is 0 Å². The lowest BCUT2D eigenvalue weighted by Gasteiger charge is -2.28. The molecule has 0 aliphatic rings. The van der Waals surface area contributed by atoms with Crippen LogP contribution in [0.4, 0.5) is 5.69 Å². The zero-order valence-corrected chi connectivity index (χ0v) is 9.33. The predicted octanol–water partition coefficient (Wildman–Crippen LogP) is 2.17. The van der Waals surface area contributed by atoms with Gasteiger partial charge in [-0.2, -0.15) is 0 Å².